The van der Waals surface area contributed by atoms with Crippen molar-refractivity contribution >= 4 is 17.3 Å². The smallest absolute Gasteiger partial charge is 0.399 e. The predicted molar refractivity (Wildman–Crippen MR) is 97.6 cm³/mol. The van der Waals surface area contributed by atoms with Gasteiger partial charge in [0.25, 0.3) is 6.43 Å². The number of hydrogen-bond acceptors (Lipinski definition) is 5. The molecule has 0 spiro atoms. The van der Waals surface area contributed by atoms with Crippen molar-refractivity contribution in [1.82, 2.24) is 9.97 Å². The second-order valence-electron chi connectivity index (χ2n) is 6.13. The van der Waals surface area contributed by atoms with E-state index < -0.39 is 24.4 Å². The molecule has 0 aliphatic carbocycles. The van der Waals surface area contributed by atoms with E-state index in [2.05, 4.69) is 15.3 Å². The second kappa shape index (κ2) is 8.00. The first kappa shape index (κ1) is 20.5. The van der Waals surface area contributed by atoms with Crippen molar-refractivity contribution in [2.75, 3.05) is 11.1 Å². The van der Waals surface area contributed by atoms with E-state index in [1.165, 1.54) is 30.3 Å². The Kier molecular flexibility index (Phi) is 5.64. The van der Waals surface area contributed by atoms with Gasteiger partial charge in [-0.05, 0) is 41.0 Å². The highest BCUT2D eigenvalue weighted by molar-refractivity contribution is 5.74. The van der Waals surface area contributed by atoms with E-state index in [-0.39, 0.29) is 11.5 Å². The van der Waals surface area contributed by atoms with Crippen LogP contribution in [0.5, 0.6) is 0 Å². The molecule has 4 N–H and O–H groups in total. The quantitative estimate of drug-likeness (QED) is 0.416. The Balaban J connectivity index is 1.87. The highest BCUT2D eigenvalue weighted by atomic mass is 19.4. The minimum atomic E-state index is -4.61. The number of anilines is 3. The van der Waals surface area contributed by atoms with Crippen LogP contribution in [0.1, 0.15) is 17.4 Å². The van der Waals surface area contributed by atoms with Crippen LogP contribution in [0.15, 0.2) is 54.7 Å². The average Bonchev–Trinajstić information content (AvgIpc) is 2.66. The number of aromatic nitrogens is 2. The molecule has 152 valence electrons. The van der Waals surface area contributed by atoms with Gasteiger partial charge in [-0.3, -0.25) is 0 Å². The SMILES string of the molecule is Nc1cc(Nc2nccc(C(F)(F)F)n2)cc(-c2ccc(C(O)C(F)F)cc2)c1. The number of hydrogen-bond donors (Lipinski definition) is 3. The van der Waals surface area contributed by atoms with E-state index in [0.29, 0.717) is 22.5 Å². The van der Waals surface area contributed by atoms with Crippen molar-refractivity contribution in [3.8, 4) is 11.1 Å². The molecule has 29 heavy (non-hydrogen) atoms. The van der Waals surface area contributed by atoms with Crippen LogP contribution in [-0.2, 0) is 6.18 Å². The van der Waals surface area contributed by atoms with Gasteiger partial charge < -0.3 is 16.2 Å². The summed E-state index contributed by atoms with van der Waals surface area (Å²) in [6.07, 6.45) is -8.42. The summed E-state index contributed by atoms with van der Waals surface area (Å²) >= 11 is 0. The third-order valence-corrected chi connectivity index (χ3v) is 3.98. The summed E-state index contributed by atoms with van der Waals surface area (Å²) in [6.45, 7) is 0. The Hall–Kier alpha value is -3.27. The molecule has 0 saturated heterocycles. The lowest BCUT2D eigenvalue weighted by Crippen LogP contribution is -2.10. The Morgan fingerprint density at radius 1 is 0.966 bits per heavy atom. The van der Waals surface area contributed by atoms with E-state index in [4.69, 9.17) is 5.73 Å². The van der Waals surface area contributed by atoms with E-state index >= 15 is 0 Å². The number of halogens is 5. The summed E-state index contributed by atoms with van der Waals surface area (Å²) in [5.74, 6) is -0.258. The molecule has 0 bridgehead atoms. The fraction of sp³-hybridized carbons (Fsp3) is 0.158. The zero-order chi connectivity index (χ0) is 21.2. The zero-order valence-corrected chi connectivity index (χ0v) is 14.7. The van der Waals surface area contributed by atoms with Crippen LogP contribution >= 0.6 is 0 Å². The van der Waals surface area contributed by atoms with Gasteiger partial charge in [0, 0.05) is 17.6 Å². The summed E-state index contributed by atoms with van der Waals surface area (Å²) in [4.78, 5) is 7.20. The molecule has 10 heteroatoms. The lowest BCUT2D eigenvalue weighted by molar-refractivity contribution is -0.141. The molecule has 1 unspecified atom stereocenters. The van der Waals surface area contributed by atoms with Crippen molar-refractivity contribution in [2.45, 2.75) is 18.7 Å². The maximum Gasteiger partial charge on any atom is 0.433 e. The second-order valence-corrected chi connectivity index (χ2v) is 6.13. The van der Waals surface area contributed by atoms with E-state index in [0.717, 1.165) is 12.3 Å². The van der Waals surface area contributed by atoms with Crippen LogP contribution in [0.2, 0.25) is 0 Å². The number of nitrogens with zero attached hydrogens (tertiary/aromatic N) is 2. The summed E-state index contributed by atoms with van der Waals surface area (Å²) in [6, 6.07) is 11.2. The molecule has 0 amide bonds. The molecule has 3 rings (SSSR count). The summed E-state index contributed by atoms with van der Waals surface area (Å²) in [5, 5.41) is 12.1. The minimum Gasteiger partial charge on any atom is -0.399 e. The van der Waals surface area contributed by atoms with Crippen molar-refractivity contribution < 1.29 is 27.1 Å². The lowest BCUT2D eigenvalue weighted by atomic mass is 10.0. The van der Waals surface area contributed by atoms with Gasteiger partial charge in [0.15, 0.2) is 0 Å². The maximum absolute atomic E-state index is 12.8. The van der Waals surface area contributed by atoms with Crippen LogP contribution in [0.4, 0.5) is 39.3 Å². The molecule has 5 nitrogen and oxygen atoms in total. The number of nitrogens with two attached hydrogens (primary N) is 1. The number of alkyl halides is 5. The Morgan fingerprint density at radius 3 is 2.28 bits per heavy atom. The molecule has 0 radical (unpaired) electrons. The zero-order valence-electron chi connectivity index (χ0n) is 14.7. The molecule has 0 aliphatic rings. The molecular formula is C19H15F5N4O. The van der Waals surface area contributed by atoms with Crippen LogP contribution < -0.4 is 11.1 Å². The van der Waals surface area contributed by atoms with Crippen molar-refractivity contribution in [2.24, 2.45) is 0 Å². The fourth-order valence-electron chi connectivity index (χ4n) is 2.61. The lowest BCUT2D eigenvalue weighted by Gasteiger charge is -2.12. The van der Waals surface area contributed by atoms with Crippen LogP contribution in [0.3, 0.4) is 0 Å². The Morgan fingerprint density at radius 2 is 1.66 bits per heavy atom. The Bertz CT molecular complexity index is 993. The third kappa shape index (κ3) is 4.96. The van der Waals surface area contributed by atoms with E-state index in [1.54, 1.807) is 12.1 Å². The van der Waals surface area contributed by atoms with Crippen molar-refractivity contribution in [1.29, 1.82) is 0 Å². The molecule has 0 aliphatic heterocycles. The number of benzene rings is 2. The highest BCUT2D eigenvalue weighted by Crippen LogP contribution is 2.31. The molecule has 1 atom stereocenters. The van der Waals surface area contributed by atoms with Gasteiger partial charge >= 0.3 is 6.18 Å². The van der Waals surface area contributed by atoms with Gasteiger partial charge in [0.1, 0.15) is 11.8 Å². The fourth-order valence-corrected chi connectivity index (χ4v) is 2.61. The number of nitrogens with one attached hydrogen (secondary N) is 1. The maximum atomic E-state index is 12.8. The molecule has 3 aromatic rings. The first-order chi connectivity index (χ1) is 13.6. The summed E-state index contributed by atoms with van der Waals surface area (Å²) < 4.78 is 63.6. The standard InChI is InChI=1S/C19H15F5N4O/c20-17(21)16(29)11-3-1-10(2-4-11)12-7-13(25)9-14(8-12)27-18-26-6-5-15(28-18)19(22,23)24/h1-9,16-17,29H,25H2,(H,26,27,28). The van der Waals surface area contributed by atoms with Crippen LogP contribution in [-0.4, -0.2) is 21.5 Å². The minimum absolute atomic E-state index is 0.0587. The van der Waals surface area contributed by atoms with Gasteiger partial charge in [0.2, 0.25) is 5.95 Å². The van der Waals surface area contributed by atoms with Crippen molar-refractivity contribution in [3.63, 3.8) is 0 Å². The topological polar surface area (TPSA) is 84.1 Å². The van der Waals surface area contributed by atoms with Gasteiger partial charge in [-0.25, -0.2) is 18.7 Å². The first-order valence-corrected chi connectivity index (χ1v) is 8.28. The number of rotatable bonds is 5. The van der Waals surface area contributed by atoms with Crippen molar-refractivity contribution in [3.05, 3.63) is 66.0 Å². The largest absolute Gasteiger partial charge is 0.433 e. The van der Waals surface area contributed by atoms with E-state index in [9.17, 15) is 27.1 Å². The van der Waals surface area contributed by atoms with Crippen LogP contribution in [0.25, 0.3) is 11.1 Å². The first-order valence-electron chi connectivity index (χ1n) is 8.28. The van der Waals surface area contributed by atoms with Gasteiger partial charge in [-0.15, -0.1) is 0 Å². The molecular weight excluding hydrogens is 395 g/mol. The number of aliphatic hydroxyl groups excluding tert-OH is 1. The molecule has 0 saturated carbocycles. The summed E-state index contributed by atoms with van der Waals surface area (Å²) in [7, 11) is 0. The molecule has 1 heterocycles. The average molecular weight is 410 g/mol. The number of nitrogen functional groups attached to an aromatic ring is 1. The van der Waals surface area contributed by atoms with E-state index in [1.807, 2.05) is 0 Å². The monoisotopic (exact) mass is 410 g/mol. The van der Waals surface area contributed by atoms with Gasteiger partial charge in [-0.2, -0.15) is 13.2 Å². The highest BCUT2D eigenvalue weighted by Gasteiger charge is 2.32. The normalized spacial score (nSPS) is 12.8. The molecule has 1 aromatic heterocycles. The Labute approximate surface area is 162 Å². The van der Waals surface area contributed by atoms with Crippen LogP contribution in [0, 0.1) is 0 Å². The molecule has 0 fully saturated rings. The van der Waals surface area contributed by atoms with Gasteiger partial charge in [-0.1, -0.05) is 24.3 Å². The number of aliphatic hydroxyl groups is 1. The predicted octanol–water partition coefficient (Wildman–Crippen LogP) is 4.79. The third-order valence-electron chi connectivity index (χ3n) is 3.98. The van der Waals surface area contributed by atoms with Gasteiger partial charge in [0.05, 0.1) is 0 Å². The molecule has 2 aromatic carbocycles. The summed E-state index contributed by atoms with van der Waals surface area (Å²) in [5.41, 5.74) is 6.68.